The maximum Gasteiger partial charge on any atom is 0.410 e. The first-order valence-corrected chi connectivity index (χ1v) is 6.69. The van der Waals surface area contributed by atoms with Gasteiger partial charge in [-0.2, -0.15) is 0 Å². The minimum atomic E-state index is -1.08. The van der Waals surface area contributed by atoms with Crippen LogP contribution in [-0.2, 0) is 14.3 Å². The Balaban J connectivity index is 2.71. The topological polar surface area (TPSA) is 105 Å². The molecule has 8 nitrogen and oxygen atoms in total. The molecule has 0 aliphatic carbocycles. The Hall–Kier alpha value is -1.99. The van der Waals surface area contributed by atoms with E-state index in [0.717, 1.165) is 0 Å². The lowest BCUT2D eigenvalue weighted by atomic mass is 9.92. The molecule has 120 valence electrons. The van der Waals surface area contributed by atoms with E-state index in [1.807, 2.05) is 0 Å². The van der Waals surface area contributed by atoms with Crippen LogP contribution in [0.15, 0.2) is 0 Å². The molecule has 1 rings (SSSR count). The van der Waals surface area contributed by atoms with Crippen molar-refractivity contribution in [1.82, 2.24) is 10.2 Å². The molecule has 8 heteroatoms. The van der Waals surface area contributed by atoms with Crippen molar-refractivity contribution in [2.24, 2.45) is 5.92 Å². The van der Waals surface area contributed by atoms with Crippen molar-refractivity contribution in [3.8, 4) is 0 Å². The zero-order chi connectivity index (χ0) is 16.2. The third-order valence-electron chi connectivity index (χ3n) is 3.07. The van der Waals surface area contributed by atoms with Gasteiger partial charge in [-0.05, 0) is 27.2 Å². The number of alkyl carbamates (subject to hydrolysis) is 1. The zero-order valence-corrected chi connectivity index (χ0v) is 12.7. The van der Waals surface area contributed by atoms with E-state index in [1.54, 1.807) is 20.8 Å². The molecule has 0 aromatic heterocycles. The van der Waals surface area contributed by atoms with Gasteiger partial charge >= 0.3 is 18.2 Å². The summed E-state index contributed by atoms with van der Waals surface area (Å²) in [7, 11) is 1.21. The maximum atomic E-state index is 12.0. The molecule has 0 bridgehead atoms. The smallest absolute Gasteiger partial charge is 0.410 e. The number of nitrogens with one attached hydrogen (secondary N) is 1. The molecule has 21 heavy (non-hydrogen) atoms. The number of hydrogen-bond donors (Lipinski definition) is 2. The number of carboxylic acids is 1. The zero-order valence-electron chi connectivity index (χ0n) is 12.7. The van der Waals surface area contributed by atoms with Gasteiger partial charge in [0.1, 0.15) is 5.60 Å². The number of piperidine rings is 1. The number of carboxylic acid groups (broad SMARTS) is 1. The first-order valence-electron chi connectivity index (χ1n) is 6.69. The number of likely N-dealkylation sites (tertiary alicyclic amines) is 1. The Morgan fingerprint density at radius 2 is 1.90 bits per heavy atom. The SMILES string of the molecule is COC(=O)NC1CCN(C(=O)OC(C)(C)C)CC1C(=O)O. The maximum absolute atomic E-state index is 12.0. The van der Waals surface area contributed by atoms with Gasteiger partial charge in [0, 0.05) is 19.1 Å². The van der Waals surface area contributed by atoms with E-state index in [9.17, 15) is 19.5 Å². The van der Waals surface area contributed by atoms with Crippen LogP contribution < -0.4 is 5.32 Å². The first-order chi connectivity index (χ1) is 9.64. The summed E-state index contributed by atoms with van der Waals surface area (Å²) in [6.07, 6.45) is -0.909. The summed E-state index contributed by atoms with van der Waals surface area (Å²) in [6.45, 7) is 5.52. The van der Waals surface area contributed by atoms with E-state index in [1.165, 1.54) is 12.0 Å². The summed E-state index contributed by atoms with van der Waals surface area (Å²) in [5.41, 5.74) is -0.642. The van der Waals surface area contributed by atoms with Crippen LogP contribution in [-0.4, -0.2) is 60.0 Å². The molecule has 1 saturated heterocycles. The summed E-state index contributed by atoms with van der Waals surface area (Å²) in [6, 6.07) is -0.575. The van der Waals surface area contributed by atoms with Gasteiger partial charge in [0.25, 0.3) is 0 Å². The lowest BCUT2D eigenvalue weighted by Crippen LogP contribution is -2.55. The molecule has 0 saturated carbocycles. The number of rotatable bonds is 2. The summed E-state index contributed by atoms with van der Waals surface area (Å²) < 4.78 is 9.70. The van der Waals surface area contributed by atoms with Gasteiger partial charge in [-0.15, -0.1) is 0 Å². The molecule has 2 N–H and O–H groups in total. The molecule has 0 spiro atoms. The Kier molecular flexibility index (Phi) is 5.40. The molecule has 0 aromatic rings. The number of methoxy groups -OCH3 is 1. The Labute approximate surface area is 123 Å². The molecule has 2 atom stereocenters. The lowest BCUT2D eigenvalue weighted by molar-refractivity contribution is -0.144. The molecule has 1 fully saturated rings. The number of aliphatic carboxylic acids is 1. The highest BCUT2D eigenvalue weighted by atomic mass is 16.6. The van der Waals surface area contributed by atoms with Crippen molar-refractivity contribution in [3.05, 3.63) is 0 Å². The predicted octanol–water partition coefficient (Wildman–Crippen LogP) is 1.05. The van der Waals surface area contributed by atoms with Crippen molar-refractivity contribution < 1.29 is 29.0 Å². The van der Waals surface area contributed by atoms with Crippen molar-refractivity contribution in [3.63, 3.8) is 0 Å². The van der Waals surface area contributed by atoms with Gasteiger partial charge in [-0.3, -0.25) is 4.79 Å². The fourth-order valence-electron chi connectivity index (χ4n) is 2.08. The van der Waals surface area contributed by atoms with Crippen LogP contribution >= 0.6 is 0 Å². The Morgan fingerprint density at radius 1 is 1.29 bits per heavy atom. The highest BCUT2D eigenvalue weighted by molar-refractivity contribution is 5.76. The van der Waals surface area contributed by atoms with Gasteiger partial charge in [0.05, 0.1) is 13.0 Å². The second kappa shape index (κ2) is 6.64. The second-order valence-corrected chi connectivity index (χ2v) is 5.90. The van der Waals surface area contributed by atoms with E-state index in [0.29, 0.717) is 13.0 Å². The lowest BCUT2D eigenvalue weighted by Gasteiger charge is -2.37. The summed E-state index contributed by atoms with van der Waals surface area (Å²) in [5.74, 6) is -1.98. The number of carbonyl (C=O) groups excluding carboxylic acids is 2. The van der Waals surface area contributed by atoms with Gasteiger partial charge in [0.2, 0.25) is 0 Å². The number of hydrogen-bond acceptors (Lipinski definition) is 5. The molecule has 1 aliphatic heterocycles. The number of ether oxygens (including phenoxy) is 2. The third-order valence-corrected chi connectivity index (χ3v) is 3.07. The largest absolute Gasteiger partial charge is 0.481 e. The molecule has 0 radical (unpaired) electrons. The van der Waals surface area contributed by atoms with Crippen LogP contribution in [0.5, 0.6) is 0 Å². The quantitative estimate of drug-likeness (QED) is 0.790. The highest BCUT2D eigenvalue weighted by Crippen LogP contribution is 2.20. The van der Waals surface area contributed by atoms with Crippen molar-refractivity contribution in [2.45, 2.75) is 38.8 Å². The van der Waals surface area contributed by atoms with Gasteiger partial charge in [-0.25, -0.2) is 9.59 Å². The molecule has 1 aliphatic rings. The Bertz CT molecular complexity index is 417. The minimum absolute atomic E-state index is 0.0150. The van der Waals surface area contributed by atoms with Crippen molar-refractivity contribution in [2.75, 3.05) is 20.2 Å². The van der Waals surface area contributed by atoms with Crippen LogP contribution in [0.3, 0.4) is 0 Å². The number of carbonyl (C=O) groups is 3. The van der Waals surface area contributed by atoms with Gasteiger partial charge in [-0.1, -0.05) is 0 Å². The molecule has 2 unspecified atom stereocenters. The Morgan fingerprint density at radius 3 is 2.38 bits per heavy atom. The van der Waals surface area contributed by atoms with Crippen molar-refractivity contribution >= 4 is 18.2 Å². The standard InChI is InChI=1S/C13H22N2O6/c1-13(2,3)21-12(19)15-6-5-9(14-11(18)20-4)8(7-15)10(16)17/h8-9H,5-7H2,1-4H3,(H,14,18)(H,16,17). The predicted molar refractivity (Wildman–Crippen MR) is 72.9 cm³/mol. The monoisotopic (exact) mass is 302 g/mol. The van der Waals surface area contributed by atoms with Crippen LogP contribution in [0.1, 0.15) is 27.2 Å². The second-order valence-electron chi connectivity index (χ2n) is 5.90. The minimum Gasteiger partial charge on any atom is -0.481 e. The highest BCUT2D eigenvalue weighted by Gasteiger charge is 2.38. The van der Waals surface area contributed by atoms with Crippen LogP contribution in [0.25, 0.3) is 0 Å². The normalized spacial score (nSPS) is 22.4. The molecule has 1 heterocycles. The van der Waals surface area contributed by atoms with E-state index >= 15 is 0 Å². The van der Waals surface area contributed by atoms with E-state index in [-0.39, 0.29) is 6.54 Å². The van der Waals surface area contributed by atoms with Crippen LogP contribution in [0, 0.1) is 5.92 Å². The van der Waals surface area contributed by atoms with Crippen LogP contribution in [0.4, 0.5) is 9.59 Å². The number of nitrogens with zero attached hydrogens (tertiary/aromatic N) is 1. The molecule has 2 amide bonds. The third kappa shape index (κ3) is 5.13. The first kappa shape index (κ1) is 17.1. The van der Waals surface area contributed by atoms with Gasteiger partial charge in [0.15, 0.2) is 0 Å². The van der Waals surface area contributed by atoms with E-state index in [4.69, 9.17) is 4.74 Å². The molecular formula is C13H22N2O6. The number of amides is 2. The van der Waals surface area contributed by atoms with Crippen LogP contribution in [0.2, 0.25) is 0 Å². The fraction of sp³-hybridized carbons (Fsp3) is 0.769. The average Bonchev–Trinajstić information content (AvgIpc) is 2.36. The fourth-order valence-corrected chi connectivity index (χ4v) is 2.08. The van der Waals surface area contributed by atoms with Crippen molar-refractivity contribution in [1.29, 1.82) is 0 Å². The summed E-state index contributed by atoms with van der Waals surface area (Å²) in [5, 5.41) is 11.7. The molecular weight excluding hydrogens is 280 g/mol. The van der Waals surface area contributed by atoms with Gasteiger partial charge < -0.3 is 24.8 Å². The van der Waals surface area contributed by atoms with E-state index < -0.39 is 35.7 Å². The average molecular weight is 302 g/mol. The summed E-state index contributed by atoms with van der Waals surface area (Å²) >= 11 is 0. The molecule has 0 aromatic carbocycles. The van der Waals surface area contributed by atoms with E-state index in [2.05, 4.69) is 10.1 Å². The summed E-state index contributed by atoms with van der Waals surface area (Å²) in [4.78, 5) is 35.8.